The lowest BCUT2D eigenvalue weighted by molar-refractivity contribution is -0.123. The fraction of sp³-hybridized carbons (Fsp3) is 0.857. The van der Waals surface area contributed by atoms with Crippen molar-refractivity contribution in [3.8, 4) is 0 Å². The van der Waals surface area contributed by atoms with Crippen LogP contribution in [0.3, 0.4) is 0 Å². The molecule has 0 bridgehead atoms. The summed E-state index contributed by atoms with van der Waals surface area (Å²) in [5.41, 5.74) is -0.717. The van der Waals surface area contributed by atoms with Gasteiger partial charge in [-0.25, -0.2) is 0 Å². The van der Waals surface area contributed by atoms with Crippen LogP contribution in [0.25, 0.3) is 0 Å². The van der Waals surface area contributed by atoms with E-state index in [-0.39, 0.29) is 5.91 Å². The summed E-state index contributed by atoms with van der Waals surface area (Å²) in [7, 11) is 0. The summed E-state index contributed by atoms with van der Waals surface area (Å²) in [5, 5.41) is 2.62. The maximum atomic E-state index is 11.3. The summed E-state index contributed by atoms with van der Waals surface area (Å²) in [6.45, 7) is 3.61. The van der Waals surface area contributed by atoms with Crippen molar-refractivity contribution in [3.05, 3.63) is 0 Å². The molecule has 1 aliphatic heterocycles. The summed E-state index contributed by atoms with van der Waals surface area (Å²) < 4.78 is 3.61. The van der Waals surface area contributed by atoms with Crippen molar-refractivity contribution >= 4 is 40.7 Å². The predicted octanol–water partition coefficient (Wildman–Crippen LogP) is 2.00. The summed E-state index contributed by atoms with van der Waals surface area (Å²) in [5.74, 6) is -0.385. The Bertz CT molecular complexity index is 228. The molecule has 6 heteroatoms. The van der Waals surface area contributed by atoms with Gasteiger partial charge in [-0.3, -0.25) is 4.79 Å². The molecule has 13 heavy (non-hydrogen) atoms. The number of rotatable bonds is 1. The molecule has 2 atom stereocenters. The van der Waals surface area contributed by atoms with E-state index in [0.29, 0.717) is 6.42 Å². The molecule has 0 radical (unpaired) electrons. The standard InChI is InChI=1S/C7H10Cl3NO2/c1-3-6(2)11-5(12)4(13-6)7(8,9)10/h4H,3H2,1-2H3,(H,11,12)/t4-,6-/m0/s1. The van der Waals surface area contributed by atoms with Crippen LogP contribution >= 0.6 is 34.8 Å². The van der Waals surface area contributed by atoms with E-state index < -0.39 is 15.6 Å². The Morgan fingerprint density at radius 2 is 2.15 bits per heavy atom. The van der Waals surface area contributed by atoms with Gasteiger partial charge in [0.15, 0.2) is 6.10 Å². The van der Waals surface area contributed by atoms with Gasteiger partial charge in [0.25, 0.3) is 5.91 Å². The number of alkyl halides is 3. The molecule has 1 saturated heterocycles. The number of carbonyl (C=O) groups excluding carboxylic acids is 1. The first-order valence-corrected chi connectivity index (χ1v) is 4.98. The van der Waals surface area contributed by atoms with Crippen LogP contribution in [0.4, 0.5) is 0 Å². The Kier molecular flexibility index (Phi) is 3.03. The summed E-state index contributed by atoms with van der Waals surface area (Å²) in [6, 6.07) is 0. The number of halogens is 3. The fourth-order valence-corrected chi connectivity index (χ4v) is 1.49. The highest BCUT2D eigenvalue weighted by atomic mass is 35.6. The number of hydrogen-bond donors (Lipinski definition) is 1. The van der Waals surface area contributed by atoms with Crippen LogP contribution in [0.1, 0.15) is 20.3 Å². The zero-order valence-corrected chi connectivity index (χ0v) is 9.50. The van der Waals surface area contributed by atoms with Crippen molar-refractivity contribution in [1.29, 1.82) is 0 Å². The van der Waals surface area contributed by atoms with E-state index >= 15 is 0 Å². The number of nitrogens with one attached hydrogen (secondary N) is 1. The second-order valence-corrected chi connectivity index (χ2v) is 5.48. The average Bonchev–Trinajstić information content (AvgIpc) is 2.27. The van der Waals surface area contributed by atoms with Crippen molar-refractivity contribution < 1.29 is 9.53 Å². The van der Waals surface area contributed by atoms with Gasteiger partial charge >= 0.3 is 0 Å². The molecule has 1 N–H and O–H groups in total. The molecule has 3 nitrogen and oxygen atoms in total. The Hall–Kier alpha value is 0.300. The van der Waals surface area contributed by atoms with E-state index in [9.17, 15) is 4.79 Å². The number of ether oxygens (including phenoxy) is 1. The van der Waals surface area contributed by atoms with Crippen molar-refractivity contribution in [1.82, 2.24) is 5.32 Å². The summed E-state index contributed by atoms with van der Waals surface area (Å²) >= 11 is 16.7. The molecule has 0 aromatic carbocycles. The third-order valence-corrected chi connectivity index (χ3v) is 2.57. The molecule has 1 rings (SSSR count). The van der Waals surface area contributed by atoms with E-state index in [0.717, 1.165) is 0 Å². The Labute approximate surface area is 91.7 Å². The normalized spacial score (nSPS) is 34.8. The lowest BCUT2D eigenvalue weighted by Gasteiger charge is -2.23. The van der Waals surface area contributed by atoms with Gasteiger partial charge in [-0.15, -0.1) is 0 Å². The Morgan fingerprint density at radius 1 is 1.62 bits per heavy atom. The minimum absolute atomic E-state index is 0.385. The van der Waals surface area contributed by atoms with Crippen molar-refractivity contribution in [3.63, 3.8) is 0 Å². The minimum Gasteiger partial charge on any atom is -0.338 e. The minimum atomic E-state index is -1.71. The van der Waals surface area contributed by atoms with Gasteiger partial charge in [0, 0.05) is 0 Å². The summed E-state index contributed by atoms with van der Waals surface area (Å²) in [6.07, 6.45) is -0.404. The molecule has 76 valence electrons. The highest BCUT2D eigenvalue weighted by Crippen LogP contribution is 2.37. The van der Waals surface area contributed by atoms with Crippen LogP contribution in [0.2, 0.25) is 0 Å². The van der Waals surface area contributed by atoms with Crippen LogP contribution in [0, 0.1) is 0 Å². The average molecular weight is 247 g/mol. The lowest BCUT2D eigenvalue weighted by atomic mass is 10.2. The van der Waals surface area contributed by atoms with Gasteiger partial charge in [-0.2, -0.15) is 0 Å². The third kappa shape index (κ3) is 2.40. The predicted molar refractivity (Wildman–Crippen MR) is 52.0 cm³/mol. The lowest BCUT2D eigenvalue weighted by Crippen LogP contribution is -2.38. The molecule has 1 fully saturated rings. The smallest absolute Gasteiger partial charge is 0.255 e. The first kappa shape index (κ1) is 11.4. The van der Waals surface area contributed by atoms with Gasteiger partial charge in [-0.1, -0.05) is 41.7 Å². The molecule has 0 aromatic rings. The van der Waals surface area contributed by atoms with Crippen molar-refractivity contribution in [2.75, 3.05) is 0 Å². The molecule has 0 saturated carbocycles. The largest absolute Gasteiger partial charge is 0.338 e. The zero-order chi connectivity index (χ0) is 10.3. The van der Waals surface area contributed by atoms with Crippen molar-refractivity contribution in [2.24, 2.45) is 0 Å². The molecule has 1 aliphatic rings. The van der Waals surface area contributed by atoms with E-state index in [4.69, 9.17) is 39.5 Å². The quantitative estimate of drug-likeness (QED) is 0.719. The first-order valence-electron chi connectivity index (χ1n) is 3.85. The molecular formula is C7H10Cl3NO2. The van der Waals surface area contributed by atoms with E-state index in [1.54, 1.807) is 6.92 Å². The highest BCUT2D eigenvalue weighted by Gasteiger charge is 2.50. The second kappa shape index (κ2) is 3.46. The van der Waals surface area contributed by atoms with Gasteiger partial charge < -0.3 is 10.1 Å². The van der Waals surface area contributed by atoms with Crippen LogP contribution in [0.5, 0.6) is 0 Å². The molecule has 0 spiro atoms. The summed E-state index contributed by atoms with van der Waals surface area (Å²) in [4.78, 5) is 11.3. The van der Waals surface area contributed by atoms with Crippen molar-refractivity contribution in [2.45, 2.75) is 35.9 Å². The molecule has 1 amide bonds. The van der Waals surface area contributed by atoms with E-state index in [1.165, 1.54) is 0 Å². The van der Waals surface area contributed by atoms with Crippen LogP contribution in [-0.4, -0.2) is 21.5 Å². The first-order chi connectivity index (χ1) is 5.78. The van der Waals surface area contributed by atoms with E-state index in [1.807, 2.05) is 6.92 Å². The fourth-order valence-electron chi connectivity index (χ4n) is 1.06. The number of amides is 1. The van der Waals surface area contributed by atoms with Gasteiger partial charge in [0.2, 0.25) is 3.79 Å². The number of hydrogen-bond acceptors (Lipinski definition) is 2. The zero-order valence-electron chi connectivity index (χ0n) is 7.23. The van der Waals surface area contributed by atoms with E-state index in [2.05, 4.69) is 5.32 Å². The number of carbonyl (C=O) groups is 1. The van der Waals surface area contributed by atoms with Gasteiger partial charge in [0.1, 0.15) is 5.72 Å². The Morgan fingerprint density at radius 3 is 2.38 bits per heavy atom. The van der Waals surface area contributed by atoms with Crippen LogP contribution in [0.15, 0.2) is 0 Å². The Balaban J connectivity index is 2.79. The van der Waals surface area contributed by atoms with Crippen LogP contribution < -0.4 is 5.32 Å². The highest BCUT2D eigenvalue weighted by molar-refractivity contribution is 6.68. The maximum Gasteiger partial charge on any atom is 0.255 e. The molecular weight excluding hydrogens is 236 g/mol. The maximum absolute atomic E-state index is 11.3. The molecule has 1 heterocycles. The monoisotopic (exact) mass is 245 g/mol. The van der Waals surface area contributed by atoms with Gasteiger partial charge in [-0.05, 0) is 13.3 Å². The van der Waals surface area contributed by atoms with Gasteiger partial charge in [0.05, 0.1) is 0 Å². The van der Waals surface area contributed by atoms with Crippen LogP contribution in [-0.2, 0) is 9.53 Å². The second-order valence-electron chi connectivity index (χ2n) is 3.11. The third-order valence-electron chi connectivity index (χ3n) is 1.98. The molecule has 0 unspecified atom stereocenters. The topological polar surface area (TPSA) is 38.3 Å². The SMILES string of the molecule is CC[C@@]1(C)NC(=O)[C@@H](C(Cl)(Cl)Cl)O1. The molecule has 0 aromatic heterocycles. The molecule has 0 aliphatic carbocycles.